The van der Waals surface area contributed by atoms with Gasteiger partial charge in [0.1, 0.15) is 6.54 Å². The van der Waals surface area contributed by atoms with Crippen molar-refractivity contribution in [3.05, 3.63) is 27.8 Å². The first-order chi connectivity index (χ1) is 8.70. The molecule has 1 aromatic rings. The Bertz CT molecular complexity index is 557. The molecule has 106 valence electrons. The summed E-state index contributed by atoms with van der Waals surface area (Å²) in [4.78, 5) is 11.6. The molecule has 0 heterocycles. The highest BCUT2D eigenvalue weighted by atomic mass is 127. The Balaban J connectivity index is 3.01. The highest BCUT2D eigenvalue weighted by molar-refractivity contribution is 14.1. The molecule has 1 rings (SSSR count). The summed E-state index contributed by atoms with van der Waals surface area (Å²) < 4.78 is 30.5. The minimum absolute atomic E-state index is 0.273. The minimum atomic E-state index is -3.54. The van der Waals surface area contributed by atoms with Crippen LogP contribution in [-0.4, -0.2) is 33.3 Å². The monoisotopic (exact) mass is 397 g/mol. The van der Waals surface area contributed by atoms with Crippen LogP contribution in [-0.2, 0) is 19.6 Å². The van der Waals surface area contributed by atoms with Gasteiger partial charge in [0, 0.05) is 3.57 Å². The SMILES string of the molecule is CC(C)OC(=O)CN(c1cccc(I)c1)S(C)(=O)=O. The van der Waals surface area contributed by atoms with Gasteiger partial charge in [0.15, 0.2) is 0 Å². The highest BCUT2D eigenvalue weighted by Gasteiger charge is 2.22. The number of benzene rings is 1. The molecule has 0 spiro atoms. The van der Waals surface area contributed by atoms with Gasteiger partial charge >= 0.3 is 5.97 Å². The zero-order valence-electron chi connectivity index (χ0n) is 11.0. The van der Waals surface area contributed by atoms with E-state index in [1.54, 1.807) is 32.0 Å². The number of sulfonamides is 1. The molecule has 0 aromatic heterocycles. The van der Waals surface area contributed by atoms with E-state index in [-0.39, 0.29) is 12.6 Å². The summed E-state index contributed by atoms with van der Waals surface area (Å²) in [7, 11) is -3.54. The molecule has 1 aromatic carbocycles. The molecule has 0 saturated carbocycles. The van der Waals surface area contributed by atoms with Crippen LogP contribution in [0.25, 0.3) is 0 Å². The Morgan fingerprint density at radius 1 is 1.42 bits per heavy atom. The number of hydrogen-bond acceptors (Lipinski definition) is 4. The normalized spacial score (nSPS) is 11.4. The van der Waals surface area contributed by atoms with Crippen molar-refractivity contribution in [2.45, 2.75) is 20.0 Å². The molecule has 0 N–H and O–H groups in total. The van der Waals surface area contributed by atoms with E-state index >= 15 is 0 Å². The standard InChI is InChI=1S/C12H16INO4S/c1-9(2)18-12(15)8-14(19(3,16)17)11-6-4-5-10(13)7-11/h4-7,9H,8H2,1-3H3. The van der Waals surface area contributed by atoms with Gasteiger partial charge in [-0.2, -0.15) is 0 Å². The number of carbonyl (C=O) groups is 1. The molecule has 0 saturated heterocycles. The third-order valence-corrected chi connectivity index (χ3v) is 3.95. The molecular weight excluding hydrogens is 381 g/mol. The molecule has 0 bridgehead atoms. The highest BCUT2D eigenvalue weighted by Crippen LogP contribution is 2.20. The summed E-state index contributed by atoms with van der Waals surface area (Å²) in [6.45, 7) is 3.11. The zero-order chi connectivity index (χ0) is 14.6. The molecule has 19 heavy (non-hydrogen) atoms. The van der Waals surface area contributed by atoms with E-state index in [0.717, 1.165) is 14.1 Å². The largest absolute Gasteiger partial charge is 0.462 e. The van der Waals surface area contributed by atoms with Crippen LogP contribution >= 0.6 is 22.6 Å². The third-order valence-electron chi connectivity index (χ3n) is 2.14. The Morgan fingerprint density at radius 2 is 2.05 bits per heavy atom. The lowest BCUT2D eigenvalue weighted by atomic mass is 10.3. The first kappa shape index (κ1) is 16.2. The van der Waals surface area contributed by atoms with E-state index in [0.29, 0.717) is 5.69 Å². The number of nitrogens with zero attached hydrogens (tertiary/aromatic N) is 1. The van der Waals surface area contributed by atoms with Gasteiger partial charge in [0.2, 0.25) is 10.0 Å². The fourth-order valence-electron chi connectivity index (χ4n) is 1.45. The second-order valence-corrected chi connectivity index (χ2v) is 7.44. The second kappa shape index (κ2) is 6.56. The predicted molar refractivity (Wildman–Crippen MR) is 82.6 cm³/mol. The van der Waals surface area contributed by atoms with Crippen molar-refractivity contribution in [3.63, 3.8) is 0 Å². The van der Waals surface area contributed by atoms with Gasteiger partial charge in [-0.1, -0.05) is 6.07 Å². The number of carbonyl (C=O) groups excluding carboxylic acids is 1. The van der Waals surface area contributed by atoms with Crippen LogP contribution in [0.2, 0.25) is 0 Å². The maximum Gasteiger partial charge on any atom is 0.327 e. The van der Waals surface area contributed by atoms with Gasteiger partial charge in [-0.15, -0.1) is 0 Å². The molecule has 0 aliphatic heterocycles. The van der Waals surface area contributed by atoms with Crippen molar-refractivity contribution >= 4 is 44.3 Å². The molecule has 0 amide bonds. The summed E-state index contributed by atoms with van der Waals surface area (Å²) in [5, 5.41) is 0. The molecule has 0 radical (unpaired) electrons. The van der Waals surface area contributed by atoms with Crippen LogP contribution in [0.15, 0.2) is 24.3 Å². The number of hydrogen-bond donors (Lipinski definition) is 0. The van der Waals surface area contributed by atoms with Crippen LogP contribution in [0.3, 0.4) is 0 Å². The minimum Gasteiger partial charge on any atom is -0.462 e. The molecule has 5 nitrogen and oxygen atoms in total. The maximum atomic E-state index is 11.8. The van der Waals surface area contributed by atoms with Crippen molar-refractivity contribution in [1.29, 1.82) is 0 Å². The van der Waals surface area contributed by atoms with Gasteiger partial charge in [0.25, 0.3) is 0 Å². The first-order valence-electron chi connectivity index (χ1n) is 5.63. The molecule has 0 aliphatic rings. The molecule has 0 unspecified atom stereocenters. The van der Waals surface area contributed by atoms with Crippen molar-refractivity contribution in [3.8, 4) is 0 Å². The van der Waals surface area contributed by atoms with Crippen molar-refractivity contribution < 1.29 is 17.9 Å². The topological polar surface area (TPSA) is 63.7 Å². The Kier molecular flexibility index (Phi) is 5.60. The van der Waals surface area contributed by atoms with E-state index in [1.807, 2.05) is 6.07 Å². The van der Waals surface area contributed by atoms with Crippen LogP contribution in [0.1, 0.15) is 13.8 Å². The van der Waals surface area contributed by atoms with Gasteiger partial charge in [-0.3, -0.25) is 9.10 Å². The fraction of sp³-hybridized carbons (Fsp3) is 0.417. The van der Waals surface area contributed by atoms with E-state index in [1.165, 1.54) is 0 Å². The molecule has 7 heteroatoms. The fourth-order valence-corrected chi connectivity index (χ4v) is 2.81. The van der Waals surface area contributed by atoms with E-state index in [4.69, 9.17) is 4.74 Å². The van der Waals surface area contributed by atoms with Gasteiger partial charge in [-0.25, -0.2) is 8.42 Å². The van der Waals surface area contributed by atoms with Crippen LogP contribution in [0, 0.1) is 3.57 Å². The van der Waals surface area contributed by atoms with Crippen LogP contribution < -0.4 is 4.31 Å². The lowest BCUT2D eigenvalue weighted by molar-refractivity contribution is -0.145. The van der Waals surface area contributed by atoms with Crippen molar-refractivity contribution in [2.24, 2.45) is 0 Å². The average Bonchev–Trinajstić information content (AvgIpc) is 2.23. The quantitative estimate of drug-likeness (QED) is 0.564. The van der Waals surface area contributed by atoms with Gasteiger partial charge in [0.05, 0.1) is 18.0 Å². The Hall–Kier alpha value is -0.830. The lowest BCUT2D eigenvalue weighted by Gasteiger charge is -2.22. The summed E-state index contributed by atoms with van der Waals surface area (Å²) in [5.41, 5.74) is 0.454. The molecular formula is C12H16INO4S. The van der Waals surface area contributed by atoms with E-state index in [9.17, 15) is 13.2 Å². The molecule has 0 atom stereocenters. The number of anilines is 1. The summed E-state index contributed by atoms with van der Waals surface area (Å²) in [6.07, 6.45) is 0.792. The van der Waals surface area contributed by atoms with Gasteiger partial charge < -0.3 is 4.74 Å². The van der Waals surface area contributed by atoms with Crippen LogP contribution in [0.4, 0.5) is 5.69 Å². The average molecular weight is 397 g/mol. The van der Waals surface area contributed by atoms with Crippen molar-refractivity contribution in [2.75, 3.05) is 17.1 Å². The predicted octanol–water partition coefficient (Wildman–Crippen LogP) is 2.01. The second-order valence-electron chi connectivity index (χ2n) is 4.29. The van der Waals surface area contributed by atoms with Gasteiger partial charge in [-0.05, 0) is 54.6 Å². The summed E-state index contributed by atoms with van der Waals surface area (Å²) in [5.74, 6) is -0.570. The Morgan fingerprint density at radius 3 is 2.53 bits per heavy atom. The van der Waals surface area contributed by atoms with E-state index < -0.39 is 16.0 Å². The number of ether oxygens (including phenoxy) is 1. The first-order valence-corrected chi connectivity index (χ1v) is 8.55. The van der Waals surface area contributed by atoms with Crippen LogP contribution in [0.5, 0.6) is 0 Å². The number of halogens is 1. The number of esters is 1. The zero-order valence-corrected chi connectivity index (χ0v) is 13.9. The Labute approximate surface area is 127 Å². The summed E-state index contributed by atoms with van der Waals surface area (Å²) >= 11 is 2.08. The van der Waals surface area contributed by atoms with Crippen molar-refractivity contribution in [1.82, 2.24) is 0 Å². The maximum absolute atomic E-state index is 11.8. The van der Waals surface area contributed by atoms with E-state index in [2.05, 4.69) is 22.6 Å². The summed E-state index contributed by atoms with van der Waals surface area (Å²) in [6, 6.07) is 6.93. The smallest absolute Gasteiger partial charge is 0.327 e. The molecule has 0 fully saturated rings. The lowest BCUT2D eigenvalue weighted by Crippen LogP contribution is -2.36. The molecule has 0 aliphatic carbocycles. The number of rotatable bonds is 5. The third kappa shape index (κ3) is 5.35.